The van der Waals surface area contributed by atoms with Crippen LogP contribution in [0.15, 0.2) is 0 Å². The molecule has 1 saturated carbocycles. The van der Waals surface area contributed by atoms with Gasteiger partial charge in [-0.15, -0.1) is 0 Å². The summed E-state index contributed by atoms with van der Waals surface area (Å²) in [5.41, 5.74) is -0.603. The number of hydrogen-bond donors (Lipinski definition) is 2. The van der Waals surface area contributed by atoms with Gasteiger partial charge in [-0.05, 0) is 58.0 Å². The van der Waals surface area contributed by atoms with Gasteiger partial charge in [0, 0.05) is 0 Å². The molecular formula is C14H27NO2. The number of carbonyl (C=O) groups is 1. The Kier molecular flexibility index (Phi) is 5.44. The Hall–Kier alpha value is -0.570. The van der Waals surface area contributed by atoms with Crippen molar-refractivity contribution in [3.8, 4) is 0 Å². The maximum atomic E-state index is 10.9. The van der Waals surface area contributed by atoms with E-state index in [2.05, 4.69) is 12.2 Å². The van der Waals surface area contributed by atoms with Gasteiger partial charge < -0.3 is 10.4 Å². The molecule has 0 amide bonds. The molecule has 0 aliphatic heterocycles. The molecule has 100 valence electrons. The summed E-state index contributed by atoms with van der Waals surface area (Å²) < 4.78 is 0. The first-order valence-electron chi connectivity index (χ1n) is 6.86. The number of rotatable bonds is 6. The summed E-state index contributed by atoms with van der Waals surface area (Å²) in [7, 11) is 0. The highest BCUT2D eigenvalue weighted by atomic mass is 16.4. The minimum atomic E-state index is -0.703. The van der Waals surface area contributed by atoms with Gasteiger partial charge in [0.25, 0.3) is 0 Å². The van der Waals surface area contributed by atoms with Gasteiger partial charge in [0.2, 0.25) is 0 Å². The minimum absolute atomic E-state index is 0.603. The molecule has 0 radical (unpaired) electrons. The molecule has 1 fully saturated rings. The van der Waals surface area contributed by atoms with Crippen LogP contribution in [0.1, 0.15) is 52.9 Å². The Morgan fingerprint density at radius 3 is 2.41 bits per heavy atom. The summed E-state index contributed by atoms with van der Waals surface area (Å²) in [4.78, 5) is 10.9. The number of carboxylic acids is 1. The lowest BCUT2D eigenvalue weighted by atomic mass is 9.83. The zero-order valence-corrected chi connectivity index (χ0v) is 11.5. The summed E-state index contributed by atoms with van der Waals surface area (Å²) in [5.74, 6) is 1.00. The fourth-order valence-corrected chi connectivity index (χ4v) is 2.35. The lowest BCUT2D eigenvalue weighted by Crippen LogP contribution is -2.32. The molecule has 17 heavy (non-hydrogen) atoms. The third-order valence-corrected chi connectivity index (χ3v) is 4.07. The molecule has 1 rings (SSSR count). The van der Waals surface area contributed by atoms with Crippen molar-refractivity contribution in [2.45, 2.75) is 52.9 Å². The van der Waals surface area contributed by atoms with Crippen LogP contribution in [0.5, 0.6) is 0 Å². The highest BCUT2D eigenvalue weighted by Gasteiger charge is 2.26. The Labute approximate surface area is 105 Å². The first-order valence-corrected chi connectivity index (χ1v) is 6.86. The van der Waals surface area contributed by atoms with E-state index < -0.39 is 11.4 Å². The van der Waals surface area contributed by atoms with Gasteiger partial charge in [-0.2, -0.15) is 0 Å². The molecule has 0 heterocycles. The minimum Gasteiger partial charge on any atom is -0.481 e. The molecule has 0 aromatic rings. The van der Waals surface area contributed by atoms with Crippen molar-refractivity contribution in [3.05, 3.63) is 0 Å². The molecule has 0 aromatic heterocycles. The van der Waals surface area contributed by atoms with Crippen LogP contribution in [-0.4, -0.2) is 24.2 Å². The second-order valence-electron chi connectivity index (χ2n) is 6.27. The predicted octanol–water partition coefficient (Wildman–Crippen LogP) is 2.90. The summed E-state index contributed by atoms with van der Waals surface area (Å²) in [6.07, 6.45) is 6.07. The number of hydrogen-bond acceptors (Lipinski definition) is 2. The van der Waals surface area contributed by atoms with Gasteiger partial charge in [-0.3, -0.25) is 4.79 Å². The van der Waals surface area contributed by atoms with Gasteiger partial charge in [-0.1, -0.05) is 19.8 Å². The second kappa shape index (κ2) is 6.39. The van der Waals surface area contributed by atoms with Crippen molar-refractivity contribution >= 4 is 5.97 Å². The maximum absolute atomic E-state index is 10.9. The van der Waals surface area contributed by atoms with Crippen LogP contribution in [-0.2, 0) is 4.79 Å². The summed E-state index contributed by atoms with van der Waals surface area (Å²) in [6, 6.07) is 0. The number of aliphatic carboxylic acids is 1. The fraction of sp³-hybridized carbons (Fsp3) is 0.929. The van der Waals surface area contributed by atoms with E-state index in [0.717, 1.165) is 24.9 Å². The summed E-state index contributed by atoms with van der Waals surface area (Å²) in [5, 5.41) is 12.4. The molecular weight excluding hydrogens is 214 g/mol. The lowest BCUT2D eigenvalue weighted by Gasteiger charge is -2.27. The predicted molar refractivity (Wildman–Crippen MR) is 70.0 cm³/mol. The van der Waals surface area contributed by atoms with Crippen molar-refractivity contribution in [1.82, 2.24) is 5.32 Å². The molecule has 3 heteroatoms. The van der Waals surface area contributed by atoms with E-state index in [1.54, 1.807) is 13.8 Å². The molecule has 0 unspecified atom stereocenters. The number of carboxylic acid groups (broad SMARTS) is 1. The van der Waals surface area contributed by atoms with Crippen molar-refractivity contribution in [2.75, 3.05) is 13.1 Å². The van der Waals surface area contributed by atoms with E-state index in [9.17, 15) is 4.79 Å². The van der Waals surface area contributed by atoms with Crippen LogP contribution < -0.4 is 5.32 Å². The van der Waals surface area contributed by atoms with E-state index >= 15 is 0 Å². The smallest absolute Gasteiger partial charge is 0.309 e. The monoisotopic (exact) mass is 241 g/mol. The Balaban J connectivity index is 2.10. The van der Waals surface area contributed by atoms with Gasteiger partial charge in [-0.25, -0.2) is 0 Å². The van der Waals surface area contributed by atoms with Crippen LogP contribution in [0, 0.1) is 17.3 Å². The van der Waals surface area contributed by atoms with E-state index in [1.807, 2.05) is 0 Å². The van der Waals surface area contributed by atoms with Gasteiger partial charge >= 0.3 is 5.97 Å². The van der Waals surface area contributed by atoms with Crippen LogP contribution >= 0.6 is 0 Å². The third kappa shape index (κ3) is 5.07. The Morgan fingerprint density at radius 2 is 1.88 bits per heavy atom. The van der Waals surface area contributed by atoms with Gasteiger partial charge in [0.05, 0.1) is 5.41 Å². The normalized spacial score (nSPS) is 25.8. The molecule has 2 N–H and O–H groups in total. The van der Waals surface area contributed by atoms with Gasteiger partial charge in [0.1, 0.15) is 0 Å². The first-order chi connectivity index (χ1) is 7.92. The summed E-state index contributed by atoms with van der Waals surface area (Å²) in [6.45, 7) is 7.78. The standard InChI is InChI=1S/C14H27NO2/c1-11-4-6-12(7-5-11)10-15-9-8-14(2,3)13(16)17/h11-12,15H,4-10H2,1-3H3,(H,16,17). The average molecular weight is 241 g/mol. The highest BCUT2D eigenvalue weighted by molar-refractivity contribution is 5.73. The van der Waals surface area contributed by atoms with E-state index in [0.29, 0.717) is 6.42 Å². The fourth-order valence-electron chi connectivity index (χ4n) is 2.35. The quantitative estimate of drug-likeness (QED) is 0.703. The van der Waals surface area contributed by atoms with Gasteiger partial charge in [0.15, 0.2) is 0 Å². The molecule has 0 saturated heterocycles. The molecule has 0 atom stereocenters. The van der Waals surface area contributed by atoms with Crippen molar-refractivity contribution in [2.24, 2.45) is 17.3 Å². The van der Waals surface area contributed by atoms with Crippen molar-refractivity contribution in [1.29, 1.82) is 0 Å². The van der Waals surface area contributed by atoms with E-state index in [1.165, 1.54) is 25.7 Å². The van der Waals surface area contributed by atoms with Crippen LogP contribution in [0.25, 0.3) is 0 Å². The second-order valence-corrected chi connectivity index (χ2v) is 6.27. The third-order valence-electron chi connectivity index (χ3n) is 4.07. The molecule has 1 aliphatic carbocycles. The van der Waals surface area contributed by atoms with Crippen LogP contribution in [0.2, 0.25) is 0 Å². The zero-order valence-electron chi connectivity index (χ0n) is 11.5. The molecule has 0 spiro atoms. The van der Waals surface area contributed by atoms with E-state index in [-0.39, 0.29) is 0 Å². The highest BCUT2D eigenvalue weighted by Crippen LogP contribution is 2.27. The Morgan fingerprint density at radius 1 is 1.29 bits per heavy atom. The largest absolute Gasteiger partial charge is 0.481 e. The van der Waals surface area contributed by atoms with Crippen LogP contribution in [0.3, 0.4) is 0 Å². The molecule has 0 aromatic carbocycles. The summed E-state index contributed by atoms with van der Waals surface area (Å²) >= 11 is 0. The maximum Gasteiger partial charge on any atom is 0.309 e. The zero-order chi connectivity index (χ0) is 12.9. The van der Waals surface area contributed by atoms with Crippen molar-refractivity contribution in [3.63, 3.8) is 0 Å². The van der Waals surface area contributed by atoms with Crippen LogP contribution in [0.4, 0.5) is 0 Å². The number of nitrogens with one attached hydrogen (secondary N) is 1. The first kappa shape index (κ1) is 14.5. The molecule has 1 aliphatic rings. The average Bonchev–Trinajstić information content (AvgIpc) is 2.26. The van der Waals surface area contributed by atoms with E-state index in [4.69, 9.17) is 5.11 Å². The lowest BCUT2D eigenvalue weighted by molar-refractivity contribution is -0.147. The topological polar surface area (TPSA) is 49.3 Å². The Bertz CT molecular complexity index is 243. The molecule has 0 bridgehead atoms. The molecule has 3 nitrogen and oxygen atoms in total. The SMILES string of the molecule is CC1CCC(CNCCC(C)(C)C(=O)O)CC1. The van der Waals surface area contributed by atoms with Crippen molar-refractivity contribution < 1.29 is 9.90 Å².